The van der Waals surface area contributed by atoms with Crippen LogP contribution in [0.5, 0.6) is 5.75 Å². The van der Waals surface area contributed by atoms with Crippen LogP contribution in [0.4, 0.5) is 10.5 Å². The molecule has 1 fully saturated rings. The summed E-state index contributed by atoms with van der Waals surface area (Å²) in [4.78, 5) is 37.0. The van der Waals surface area contributed by atoms with Crippen LogP contribution in [0, 0.1) is 0 Å². The Bertz CT molecular complexity index is 1370. The third-order valence-electron chi connectivity index (χ3n) is 6.88. The van der Waals surface area contributed by atoms with Crippen molar-refractivity contribution in [2.45, 2.75) is 55.5 Å². The van der Waals surface area contributed by atoms with Crippen molar-refractivity contribution < 1.29 is 27.5 Å². The Morgan fingerprint density at radius 1 is 1.05 bits per heavy atom. The molecule has 0 spiro atoms. The summed E-state index contributed by atoms with van der Waals surface area (Å²) in [5.41, 5.74) is 7.12. The number of amides is 4. The third kappa shape index (κ3) is 10.5. The number of urea groups is 1. The van der Waals surface area contributed by atoms with Gasteiger partial charge in [-0.1, -0.05) is 43.0 Å². The van der Waals surface area contributed by atoms with Crippen molar-refractivity contribution in [1.82, 2.24) is 20.7 Å². The van der Waals surface area contributed by atoms with Gasteiger partial charge in [0.25, 0.3) is 15.9 Å². The molecule has 0 saturated heterocycles. The van der Waals surface area contributed by atoms with Crippen LogP contribution in [0.3, 0.4) is 0 Å². The molecule has 3 rings (SSSR count). The number of hydrogen-bond donors (Lipinski definition) is 7. The summed E-state index contributed by atoms with van der Waals surface area (Å²) < 4.78 is 32.8. The number of methoxy groups -OCH3 is 1. The number of hydrogen-bond acceptors (Lipinski definition) is 9. The Labute approximate surface area is 262 Å². The first kappa shape index (κ1) is 34.3. The van der Waals surface area contributed by atoms with Crippen LogP contribution in [-0.2, 0) is 21.2 Å². The van der Waals surface area contributed by atoms with Gasteiger partial charge in [0.2, 0.25) is 5.91 Å². The number of benzene rings is 2. The van der Waals surface area contributed by atoms with E-state index in [1.54, 1.807) is 18.2 Å². The number of nitrogens with two attached hydrogens (primary N) is 1. The molecule has 0 radical (unpaired) electrons. The lowest BCUT2D eigenvalue weighted by molar-refractivity contribution is -0.121. The number of thiol groups is 1. The van der Waals surface area contributed by atoms with Crippen LogP contribution in [0.1, 0.15) is 48.0 Å². The Hall–Kier alpha value is -3.20. The molecule has 43 heavy (non-hydrogen) atoms. The molecule has 12 nitrogen and oxygen atoms in total. The third-order valence-corrected chi connectivity index (χ3v) is 8.83. The van der Waals surface area contributed by atoms with Gasteiger partial charge in [-0.25, -0.2) is 17.9 Å². The zero-order valence-corrected chi connectivity index (χ0v) is 26.4. The fraction of sp³-hybridized carbons (Fsp3) is 0.464. The number of sulfonamides is 1. The maximum absolute atomic E-state index is 13.0. The quantitative estimate of drug-likeness (QED) is 0.120. The van der Waals surface area contributed by atoms with Gasteiger partial charge < -0.3 is 31.7 Å². The highest BCUT2D eigenvalue weighted by Crippen LogP contribution is 2.32. The van der Waals surface area contributed by atoms with Crippen molar-refractivity contribution in [3.63, 3.8) is 0 Å². The minimum absolute atomic E-state index is 0.0153. The molecule has 0 aliphatic heterocycles. The van der Waals surface area contributed by atoms with Crippen LogP contribution in [0.2, 0.25) is 5.02 Å². The second-order valence-corrected chi connectivity index (χ2v) is 12.6. The van der Waals surface area contributed by atoms with Crippen molar-refractivity contribution in [3.05, 3.63) is 52.5 Å². The fourth-order valence-corrected chi connectivity index (χ4v) is 5.90. The van der Waals surface area contributed by atoms with Crippen molar-refractivity contribution in [3.8, 4) is 5.75 Å². The maximum atomic E-state index is 13.0. The molecule has 236 valence electrons. The second-order valence-electron chi connectivity index (χ2n) is 10.1. The van der Waals surface area contributed by atoms with E-state index >= 15 is 0 Å². The highest BCUT2D eigenvalue weighted by molar-refractivity contribution is 7.90. The molecule has 0 heterocycles. The summed E-state index contributed by atoms with van der Waals surface area (Å²) in [6, 6.07) is 7.75. The van der Waals surface area contributed by atoms with Gasteiger partial charge in [-0.3, -0.25) is 9.59 Å². The topological polar surface area (TPSA) is 181 Å². The number of halogens is 1. The van der Waals surface area contributed by atoms with Gasteiger partial charge >= 0.3 is 6.03 Å². The van der Waals surface area contributed by atoms with E-state index < -0.39 is 28.0 Å². The number of rotatable bonds is 14. The van der Waals surface area contributed by atoms with E-state index in [4.69, 9.17) is 22.1 Å². The van der Waals surface area contributed by atoms with Crippen LogP contribution < -0.4 is 36.5 Å². The average molecular weight is 655 g/mol. The van der Waals surface area contributed by atoms with Crippen LogP contribution >= 0.6 is 24.2 Å². The number of anilines is 1. The van der Waals surface area contributed by atoms with E-state index in [1.165, 1.54) is 25.3 Å². The van der Waals surface area contributed by atoms with E-state index in [9.17, 15) is 22.8 Å². The highest BCUT2D eigenvalue weighted by Gasteiger charge is 2.22. The summed E-state index contributed by atoms with van der Waals surface area (Å²) in [5.74, 6) is -0.219. The number of ether oxygens (including phenoxy) is 1. The minimum Gasteiger partial charge on any atom is -0.494 e. The molecule has 1 atom stereocenters. The molecule has 7 N–H and O–H groups in total. The van der Waals surface area contributed by atoms with Crippen molar-refractivity contribution in [2.24, 2.45) is 5.73 Å². The lowest BCUT2D eigenvalue weighted by atomic mass is 9.96. The fourth-order valence-electron chi connectivity index (χ4n) is 4.60. The van der Waals surface area contributed by atoms with E-state index in [2.05, 4.69) is 38.6 Å². The average Bonchev–Trinajstić information content (AvgIpc) is 2.98. The molecule has 0 unspecified atom stereocenters. The number of carbonyl (C=O) groups is 3. The summed E-state index contributed by atoms with van der Waals surface area (Å²) in [6.45, 7) is 0.860. The normalized spacial score (nSPS) is 14.3. The zero-order valence-electron chi connectivity index (χ0n) is 24.0. The van der Waals surface area contributed by atoms with Gasteiger partial charge in [0.1, 0.15) is 0 Å². The number of nitrogens with one attached hydrogen (secondary N) is 5. The van der Waals surface area contributed by atoms with Crippen molar-refractivity contribution >= 4 is 57.8 Å². The molecular weight excluding hydrogens is 616 g/mol. The molecule has 1 saturated carbocycles. The van der Waals surface area contributed by atoms with Crippen molar-refractivity contribution in [2.75, 3.05) is 37.8 Å². The lowest BCUT2D eigenvalue weighted by Crippen LogP contribution is -2.45. The SMILES string of the molecule is COc1c(NCCNC(=O)[C@H](N)CS)cc(Cl)cc1C(=O)NCCc1ccc(S(=O)(=O)NC(=O)NC2CCCCC2)cc1. The molecule has 2 aromatic rings. The molecule has 1 aliphatic carbocycles. The van der Waals surface area contributed by atoms with Crippen LogP contribution in [-0.4, -0.2) is 70.8 Å². The van der Waals surface area contributed by atoms with Gasteiger partial charge in [-0.15, -0.1) is 0 Å². The molecule has 2 aromatic carbocycles. The van der Waals surface area contributed by atoms with Crippen LogP contribution in [0.15, 0.2) is 41.3 Å². The zero-order chi connectivity index (χ0) is 31.4. The molecule has 15 heteroatoms. The standard InChI is InChI=1S/C28H39ClN6O6S2/c1-41-25-22(15-19(29)16-24(25)31-13-14-33-27(37)23(30)17-42)26(36)32-12-11-18-7-9-21(10-8-18)43(39,40)35-28(38)34-20-5-3-2-4-6-20/h7-10,15-16,20,23,31,42H,2-6,11-14,17,30H2,1H3,(H,32,36)(H,33,37)(H2,34,35,38)/t23-/m1/s1. The number of carbonyl (C=O) groups excluding carboxylic acids is 3. The molecule has 0 aromatic heterocycles. The Kier molecular flexibility index (Phi) is 13.2. The van der Waals surface area contributed by atoms with Crippen LogP contribution in [0.25, 0.3) is 0 Å². The molecular formula is C28H39ClN6O6S2. The molecule has 0 bridgehead atoms. The lowest BCUT2D eigenvalue weighted by Gasteiger charge is -2.22. The second kappa shape index (κ2) is 16.6. The first-order valence-electron chi connectivity index (χ1n) is 14.0. The van der Waals surface area contributed by atoms with Gasteiger partial charge in [0.15, 0.2) is 5.75 Å². The molecule has 4 amide bonds. The van der Waals surface area contributed by atoms with Gasteiger partial charge in [-0.05, 0) is 49.1 Å². The minimum atomic E-state index is -4.02. The van der Waals surface area contributed by atoms with Gasteiger partial charge in [-0.2, -0.15) is 12.6 Å². The summed E-state index contributed by atoms with van der Waals surface area (Å²) in [7, 11) is -2.59. The predicted molar refractivity (Wildman–Crippen MR) is 170 cm³/mol. The van der Waals surface area contributed by atoms with Gasteiger partial charge in [0.05, 0.1) is 29.3 Å². The maximum Gasteiger partial charge on any atom is 0.328 e. The Morgan fingerprint density at radius 2 is 1.74 bits per heavy atom. The van der Waals surface area contributed by atoms with Crippen molar-refractivity contribution in [1.29, 1.82) is 0 Å². The van der Waals surface area contributed by atoms with E-state index in [1.807, 2.05) is 0 Å². The monoisotopic (exact) mass is 654 g/mol. The Morgan fingerprint density at radius 3 is 2.40 bits per heavy atom. The highest BCUT2D eigenvalue weighted by atomic mass is 35.5. The van der Waals surface area contributed by atoms with E-state index in [0.717, 1.165) is 37.7 Å². The van der Waals surface area contributed by atoms with E-state index in [-0.39, 0.29) is 47.0 Å². The van der Waals surface area contributed by atoms with Gasteiger partial charge in [0, 0.05) is 36.5 Å². The summed E-state index contributed by atoms with van der Waals surface area (Å²) >= 11 is 10.3. The smallest absolute Gasteiger partial charge is 0.328 e. The first-order valence-corrected chi connectivity index (χ1v) is 16.5. The summed E-state index contributed by atoms with van der Waals surface area (Å²) in [5, 5.41) is 11.7. The first-order chi connectivity index (χ1) is 20.5. The van der Waals surface area contributed by atoms with E-state index in [0.29, 0.717) is 23.7 Å². The largest absolute Gasteiger partial charge is 0.494 e. The predicted octanol–water partition coefficient (Wildman–Crippen LogP) is 2.43. The Balaban J connectivity index is 1.52. The summed E-state index contributed by atoms with van der Waals surface area (Å²) in [6.07, 6.45) is 5.26. The molecule has 1 aliphatic rings.